The van der Waals surface area contributed by atoms with Gasteiger partial charge in [-0.15, -0.1) is 0 Å². The number of halogens is 1. The molecule has 146 valence electrons. The van der Waals surface area contributed by atoms with E-state index in [2.05, 4.69) is 5.32 Å². The number of carbonyl (C=O) groups excluding carboxylic acids is 1. The number of amides is 1. The molecule has 0 bridgehead atoms. The first-order chi connectivity index (χ1) is 12.8. The minimum absolute atomic E-state index is 0.0691. The summed E-state index contributed by atoms with van der Waals surface area (Å²) in [5, 5.41) is 3.04. The van der Waals surface area contributed by atoms with Crippen LogP contribution in [-0.4, -0.2) is 38.3 Å². The molecule has 0 aliphatic rings. The second-order valence-electron chi connectivity index (χ2n) is 6.16. The first-order valence-corrected chi connectivity index (χ1v) is 10.8. The van der Waals surface area contributed by atoms with Gasteiger partial charge in [-0.3, -0.25) is 4.79 Å². The molecular weight excluding hydrogens is 384 g/mol. The minimum atomic E-state index is -3.65. The summed E-state index contributed by atoms with van der Waals surface area (Å²) in [4.78, 5) is 12.6. The van der Waals surface area contributed by atoms with E-state index in [4.69, 9.17) is 11.6 Å². The van der Waals surface area contributed by atoms with Gasteiger partial charge in [0.05, 0.1) is 15.5 Å². The van der Waals surface area contributed by atoms with Gasteiger partial charge in [0.1, 0.15) is 0 Å². The molecule has 2 aromatic rings. The molecule has 0 heterocycles. The summed E-state index contributed by atoms with van der Waals surface area (Å²) in [7, 11) is -3.65. The Morgan fingerprint density at radius 1 is 1.11 bits per heavy atom. The van der Waals surface area contributed by atoms with Gasteiger partial charge in [0.2, 0.25) is 10.0 Å². The van der Waals surface area contributed by atoms with Crippen LogP contribution in [0.5, 0.6) is 0 Å². The summed E-state index contributed by atoms with van der Waals surface area (Å²) in [6.07, 6.45) is 0.688. The Morgan fingerprint density at radius 3 is 2.41 bits per heavy atom. The summed E-state index contributed by atoms with van der Waals surface area (Å²) in [5.41, 5.74) is 2.48. The summed E-state index contributed by atoms with van der Waals surface area (Å²) in [5.74, 6) is -0.384. The standard InChI is InChI=1S/C20H25ClN2O3S/c1-4-23(5-2)27(25,26)17-10-11-19(21)18(14-17)20(24)22-13-12-16-9-7-6-8-15(16)3/h6-11,14H,4-5,12-13H2,1-3H3,(H,22,24). The van der Waals surface area contributed by atoms with Crippen LogP contribution >= 0.6 is 11.6 Å². The topological polar surface area (TPSA) is 66.5 Å². The monoisotopic (exact) mass is 408 g/mol. The highest BCUT2D eigenvalue weighted by Gasteiger charge is 2.23. The molecule has 7 heteroatoms. The predicted octanol–water partition coefficient (Wildman–Crippen LogP) is 3.65. The van der Waals surface area contributed by atoms with Crippen LogP contribution in [-0.2, 0) is 16.4 Å². The van der Waals surface area contributed by atoms with E-state index in [0.29, 0.717) is 26.1 Å². The molecule has 2 rings (SSSR count). The minimum Gasteiger partial charge on any atom is -0.352 e. The number of nitrogens with one attached hydrogen (secondary N) is 1. The van der Waals surface area contributed by atoms with Crippen LogP contribution in [0.3, 0.4) is 0 Å². The van der Waals surface area contributed by atoms with Gasteiger partial charge in [-0.2, -0.15) is 4.31 Å². The van der Waals surface area contributed by atoms with Crippen LogP contribution in [0.1, 0.15) is 35.3 Å². The zero-order chi connectivity index (χ0) is 20.0. The van der Waals surface area contributed by atoms with Crippen molar-refractivity contribution in [2.24, 2.45) is 0 Å². The number of carbonyl (C=O) groups is 1. The van der Waals surface area contributed by atoms with E-state index in [1.54, 1.807) is 13.8 Å². The van der Waals surface area contributed by atoms with Crippen LogP contribution in [0.25, 0.3) is 0 Å². The summed E-state index contributed by atoms with van der Waals surface area (Å²) in [6, 6.07) is 12.2. The summed E-state index contributed by atoms with van der Waals surface area (Å²) < 4.78 is 26.7. The van der Waals surface area contributed by atoms with Crippen LogP contribution < -0.4 is 5.32 Å². The largest absolute Gasteiger partial charge is 0.352 e. The molecule has 0 fully saturated rings. The van der Waals surface area contributed by atoms with Crippen LogP contribution in [0, 0.1) is 6.92 Å². The number of rotatable bonds is 8. The molecule has 0 saturated heterocycles. The molecule has 0 aliphatic heterocycles. The molecular formula is C20H25ClN2O3S. The number of hydrogen-bond acceptors (Lipinski definition) is 3. The highest BCUT2D eigenvalue weighted by molar-refractivity contribution is 7.89. The molecule has 0 spiro atoms. The van der Waals surface area contributed by atoms with Crippen LogP contribution in [0.15, 0.2) is 47.4 Å². The Hall–Kier alpha value is -1.89. The van der Waals surface area contributed by atoms with Crippen LogP contribution in [0.4, 0.5) is 0 Å². The zero-order valence-electron chi connectivity index (χ0n) is 15.8. The van der Waals surface area contributed by atoms with Gasteiger partial charge in [-0.25, -0.2) is 8.42 Å². The van der Waals surface area contributed by atoms with Crippen molar-refractivity contribution in [3.8, 4) is 0 Å². The fourth-order valence-electron chi connectivity index (χ4n) is 2.85. The van der Waals surface area contributed by atoms with E-state index in [-0.39, 0.29) is 21.4 Å². The molecule has 0 saturated carbocycles. The predicted molar refractivity (Wildman–Crippen MR) is 109 cm³/mol. The van der Waals surface area contributed by atoms with Crippen molar-refractivity contribution in [2.45, 2.75) is 32.1 Å². The van der Waals surface area contributed by atoms with E-state index in [1.165, 1.54) is 22.5 Å². The second-order valence-corrected chi connectivity index (χ2v) is 8.51. The Labute approximate surface area is 166 Å². The van der Waals surface area contributed by atoms with Crippen molar-refractivity contribution in [1.29, 1.82) is 0 Å². The van der Waals surface area contributed by atoms with Gasteiger partial charge >= 0.3 is 0 Å². The van der Waals surface area contributed by atoms with E-state index in [9.17, 15) is 13.2 Å². The van der Waals surface area contributed by atoms with Gasteiger partial charge in [0.25, 0.3) is 5.91 Å². The number of aryl methyl sites for hydroxylation is 1. The Balaban J connectivity index is 2.15. The first-order valence-electron chi connectivity index (χ1n) is 8.93. The van der Waals surface area contributed by atoms with Crippen molar-refractivity contribution in [3.63, 3.8) is 0 Å². The molecule has 0 aliphatic carbocycles. The first kappa shape index (κ1) is 21.4. The summed E-state index contributed by atoms with van der Waals surface area (Å²) in [6.45, 7) is 6.73. The maximum absolute atomic E-state index is 12.7. The molecule has 0 atom stereocenters. The normalized spacial score (nSPS) is 11.6. The fraction of sp³-hybridized carbons (Fsp3) is 0.350. The maximum atomic E-state index is 12.7. The number of nitrogens with zero attached hydrogens (tertiary/aromatic N) is 1. The van der Waals surface area contributed by atoms with E-state index < -0.39 is 10.0 Å². The Kier molecular flexibility index (Phi) is 7.41. The molecule has 1 N–H and O–H groups in total. The smallest absolute Gasteiger partial charge is 0.252 e. The zero-order valence-corrected chi connectivity index (χ0v) is 17.4. The quantitative estimate of drug-likeness (QED) is 0.724. The van der Waals surface area contributed by atoms with Crippen LogP contribution in [0.2, 0.25) is 5.02 Å². The maximum Gasteiger partial charge on any atom is 0.252 e. The lowest BCUT2D eigenvalue weighted by atomic mass is 10.1. The van der Waals surface area contributed by atoms with Gasteiger partial charge < -0.3 is 5.32 Å². The highest BCUT2D eigenvalue weighted by Crippen LogP contribution is 2.23. The fourth-order valence-corrected chi connectivity index (χ4v) is 4.54. The lowest BCUT2D eigenvalue weighted by Gasteiger charge is -2.19. The molecule has 0 aromatic heterocycles. The van der Waals surface area contributed by atoms with E-state index in [0.717, 1.165) is 11.1 Å². The highest BCUT2D eigenvalue weighted by atomic mass is 35.5. The second kappa shape index (κ2) is 9.35. The SMILES string of the molecule is CCN(CC)S(=O)(=O)c1ccc(Cl)c(C(=O)NCCc2ccccc2C)c1. The Bertz CT molecular complexity index is 909. The molecule has 1 amide bonds. The number of sulfonamides is 1. The number of benzene rings is 2. The van der Waals surface area contributed by atoms with Crippen molar-refractivity contribution < 1.29 is 13.2 Å². The molecule has 0 unspecified atom stereocenters. The summed E-state index contributed by atoms with van der Waals surface area (Å²) >= 11 is 6.14. The van der Waals surface area contributed by atoms with Gasteiger partial charge in [0.15, 0.2) is 0 Å². The molecule has 0 radical (unpaired) electrons. The third-order valence-corrected chi connectivity index (χ3v) is 6.84. The third-order valence-electron chi connectivity index (χ3n) is 4.47. The van der Waals surface area contributed by atoms with Gasteiger partial charge in [-0.05, 0) is 42.7 Å². The lowest BCUT2D eigenvalue weighted by molar-refractivity contribution is 0.0954. The molecule has 5 nitrogen and oxygen atoms in total. The molecule has 27 heavy (non-hydrogen) atoms. The van der Waals surface area contributed by atoms with E-state index in [1.807, 2.05) is 31.2 Å². The van der Waals surface area contributed by atoms with Crippen molar-refractivity contribution in [1.82, 2.24) is 9.62 Å². The van der Waals surface area contributed by atoms with Gasteiger partial charge in [0, 0.05) is 19.6 Å². The third kappa shape index (κ3) is 5.09. The number of hydrogen-bond donors (Lipinski definition) is 1. The molecule has 2 aromatic carbocycles. The van der Waals surface area contributed by atoms with Crippen molar-refractivity contribution in [2.75, 3.05) is 19.6 Å². The average molecular weight is 409 g/mol. The van der Waals surface area contributed by atoms with E-state index >= 15 is 0 Å². The Morgan fingerprint density at radius 2 is 1.78 bits per heavy atom. The van der Waals surface area contributed by atoms with Crippen molar-refractivity contribution >= 4 is 27.5 Å². The van der Waals surface area contributed by atoms with Gasteiger partial charge in [-0.1, -0.05) is 49.7 Å². The van der Waals surface area contributed by atoms with Crippen molar-refractivity contribution in [3.05, 3.63) is 64.2 Å². The average Bonchev–Trinajstić information content (AvgIpc) is 2.64. The lowest BCUT2D eigenvalue weighted by Crippen LogP contribution is -2.31.